The van der Waals surface area contributed by atoms with E-state index in [1.807, 2.05) is 72.8 Å². The number of benzene rings is 6. The highest BCUT2D eigenvalue weighted by Crippen LogP contribution is 2.38. The zero-order valence-corrected chi connectivity index (χ0v) is 58.2. The van der Waals surface area contributed by atoms with Gasteiger partial charge in [0.05, 0.1) is 19.7 Å². The summed E-state index contributed by atoms with van der Waals surface area (Å²) in [5.74, 6) is -0.376. The van der Waals surface area contributed by atoms with Crippen LogP contribution >= 0.6 is 54.1 Å². The smallest absolute Gasteiger partial charge is 0.404 e. The first-order valence-electron chi connectivity index (χ1n) is 31.9. The quantitative estimate of drug-likeness (QED) is 0.0492. The van der Waals surface area contributed by atoms with E-state index in [1.54, 1.807) is 16.5 Å². The van der Waals surface area contributed by atoms with Crippen LogP contribution < -0.4 is 29.9 Å². The average molecular weight is 1410 g/mol. The van der Waals surface area contributed by atoms with Gasteiger partial charge in [-0.05, 0) is 109 Å². The molecule has 0 radical (unpaired) electrons. The molecular weight excluding hydrogens is 1340 g/mol. The van der Waals surface area contributed by atoms with Crippen LogP contribution in [-0.2, 0) is 24.2 Å². The molecule has 0 bridgehead atoms. The molecule has 3 amide bonds. The summed E-state index contributed by atoms with van der Waals surface area (Å²) in [5, 5.41) is 12.8. The van der Waals surface area contributed by atoms with Crippen molar-refractivity contribution in [2.24, 2.45) is 0 Å². The van der Waals surface area contributed by atoms with Crippen LogP contribution in [0.3, 0.4) is 0 Å². The lowest BCUT2D eigenvalue weighted by atomic mass is 10.1. The number of hydrogen-bond acceptors (Lipinski definition) is 14. The molecule has 500 valence electrons. The number of amides is 3. The third kappa shape index (κ3) is 15.2. The first kappa shape index (κ1) is 69.6. The Hall–Kier alpha value is -9.73. The van der Waals surface area contributed by atoms with Gasteiger partial charge in [-0.3, -0.25) is 14.4 Å². The Kier molecular flexibility index (Phi) is 22.8. The molecule has 3 N–H and O–H groups in total. The zero-order chi connectivity index (χ0) is 69.0. The van der Waals surface area contributed by atoms with Crippen LogP contribution in [0.25, 0.3) is 66.5 Å². The predicted molar refractivity (Wildman–Crippen MR) is 394 cm³/mol. The van der Waals surface area contributed by atoms with E-state index in [9.17, 15) is 24.1 Å². The number of ether oxygens (including phenoxy) is 2. The molecule has 0 fully saturated rings. The fraction of sp³-hybridized carbons (Fsp3) is 0.219. The van der Waals surface area contributed by atoms with E-state index >= 15 is 0 Å². The van der Waals surface area contributed by atoms with E-state index in [4.69, 9.17) is 50.0 Å². The molecule has 25 heteroatoms. The van der Waals surface area contributed by atoms with Gasteiger partial charge in [-0.1, -0.05) is 151 Å². The van der Waals surface area contributed by atoms with E-state index in [0.29, 0.717) is 32.0 Å². The van der Waals surface area contributed by atoms with Gasteiger partial charge in [-0.25, -0.2) is 29.9 Å². The summed E-state index contributed by atoms with van der Waals surface area (Å²) in [5.41, 5.74) is 18.9. The number of thiol groups is 1. The Bertz CT molecular complexity index is 4650. The molecule has 12 aromatic rings. The minimum Gasteiger partial charge on any atom is -0.475 e. The van der Waals surface area contributed by atoms with Crippen molar-refractivity contribution in [2.75, 3.05) is 66.6 Å². The molecule has 0 saturated heterocycles. The minimum atomic E-state index is -1.18. The molecule has 6 aromatic carbocycles. The molecule has 1 unspecified atom stereocenters. The second-order valence-electron chi connectivity index (χ2n) is 22.7. The Morgan fingerprint density at radius 3 is 1.38 bits per heavy atom. The second-order valence-corrected chi connectivity index (χ2v) is 26.4. The number of aryl methyl sites for hydroxylation is 3. The molecule has 0 spiro atoms. The van der Waals surface area contributed by atoms with Gasteiger partial charge >= 0.3 is 7.00 Å². The minimum absolute atomic E-state index is 0.0120. The molecular formula is C73H70Cl3N13O7PS+. The zero-order valence-electron chi connectivity index (χ0n) is 54.2. The van der Waals surface area contributed by atoms with E-state index in [1.165, 1.54) is 46.4 Å². The summed E-state index contributed by atoms with van der Waals surface area (Å²) in [7, 11) is -1.18. The van der Waals surface area contributed by atoms with Gasteiger partial charge in [-0.2, -0.15) is 0 Å². The first-order valence-corrected chi connectivity index (χ1v) is 35.9. The second kappa shape index (κ2) is 32.1. The number of nitrogens with two attached hydrogens (primary N) is 1. The van der Waals surface area contributed by atoms with Crippen LogP contribution in [0.4, 0.5) is 22.9 Å². The van der Waals surface area contributed by atoms with Gasteiger partial charge in [0.2, 0.25) is 11.8 Å². The maximum atomic E-state index is 13.3. The van der Waals surface area contributed by atoms with Crippen LogP contribution in [0.1, 0.15) is 71.1 Å². The van der Waals surface area contributed by atoms with Crippen LogP contribution in [-0.4, -0.2) is 113 Å². The summed E-state index contributed by atoms with van der Waals surface area (Å²) in [4.78, 5) is 68.4. The van der Waals surface area contributed by atoms with Crippen LogP contribution in [0.2, 0.25) is 15.5 Å². The van der Waals surface area contributed by atoms with Crippen molar-refractivity contribution < 1.29 is 33.5 Å². The number of carbonyl (C=O) groups is 3. The lowest BCUT2D eigenvalue weighted by molar-refractivity contribution is 0.0975. The van der Waals surface area contributed by atoms with Crippen LogP contribution in [0.15, 0.2) is 183 Å². The molecule has 1 atom stereocenters. The lowest BCUT2D eigenvalue weighted by Crippen LogP contribution is -2.34. The van der Waals surface area contributed by atoms with Gasteiger partial charge in [0.1, 0.15) is 89.1 Å². The fourth-order valence-corrected chi connectivity index (χ4v) is 12.8. The maximum absolute atomic E-state index is 13.3. The van der Waals surface area contributed by atoms with Gasteiger partial charge in [0.25, 0.3) is 17.7 Å². The number of aromatic nitrogens is 9. The number of aliphatic hydroxyl groups is 1. The van der Waals surface area contributed by atoms with Crippen molar-refractivity contribution in [1.82, 2.24) is 43.6 Å². The number of aliphatic hydroxyl groups excluding tert-OH is 1. The molecule has 0 saturated carbocycles. The Balaban J connectivity index is 0.000000145. The average Bonchev–Trinajstić information content (AvgIpc) is 1.63. The van der Waals surface area contributed by atoms with Gasteiger partial charge in [-0.15, -0.1) is 0 Å². The van der Waals surface area contributed by atoms with Crippen LogP contribution in [0, 0.1) is 0 Å². The van der Waals surface area contributed by atoms with Crippen molar-refractivity contribution in [3.05, 3.63) is 215 Å². The van der Waals surface area contributed by atoms with Gasteiger partial charge < -0.3 is 48.7 Å². The number of hydrogen-bond donors (Lipinski definition) is 3. The van der Waals surface area contributed by atoms with Gasteiger partial charge in [0, 0.05) is 93.0 Å². The number of nitrogen functional groups attached to an aromatic ring is 1. The Morgan fingerprint density at radius 1 is 0.551 bits per heavy atom. The molecule has 98 heavy (non-hydrogen) atoms. The van der Waals surface area contributed by atoms with E-state index in [-0.39, 0.29) is 74.7 Å². The molecule has 6 aromatic heterocycles. The Labute approximate surface area is 587 Å². The molecule has 14 rings (SSSR count). The summed E-state index contributed by atoms with van der Waals surface area (Å²) in [6.45, 7) is 12.1. The topological polar surface area (TPSA) is 235 Å². The van der Waals surface area contributed by atoms with Crippen molar-refractivity contribution in [3.8, 4) is 45.5 Å². The highest BCUT2D eigenvalue weighted by atomic mass is 35.5. The third-order valence-corrected chi connectivity index (χ3v) is 17.2. The van der Waals surface area contributed by atoms with Crippen molar-refractivity contribution in [3.63, 3.8) is 0 Å². The lowest BCUT2D eigenvalue weighted by Gasteiger charge is -2.23. The summed E-state index contributed by atoms with van der Waals surface area (Å²) < 4.78 is 27.7. The number of nitrogens with zero attached hydrogens (tertiary/aromatic N) is 12. The molecule has 8 heterocycles. The van der Waals surface area contributed by atoms with E-state index < -0.39 is 12.9 Å². The van der Waals surface area contributed by atoms with Crippen LogP contribution in [0.5, 0.6) is 11.8 Å². The SMILES string of the molecule is CCCn1c(-c2ccccc2)cc2cc(N(CCO)C(=O)c3c(Cl)ncnc3Cl)ccc21.CCCn1c(-c2ccccc2)cc2cc(N3CCOc4ncnc(Cl)c4C3=O)ccc21.CCCn1c(-c2ccccc2)cc2cc(N3CCOc4ncnc(N)c4C3=O)ccc21.C[P+](=O)S. The van der Waals surface area contributed by atoms with Crippen molar-refractivity contribution >= 4 is 127 Å². The molecule has 20 nitrogen and oxygen atoms in total. The number of anilines is 4. The molecule has 2 aliphatic heterocycles. The first-order chi connectivity index (χ1) is 47.6. The standard InChI is InChI=1S/C24H22Cl2N4O2.C24H21ClN4O2.C24H23N5O2.CH3OPS/c1-2-10-30-19-9-8-18(13-17(19)14-20(30)16-6-4-3-5-7-16)29(11-12-31)24(32)21-22(25)27-15-28-23(21)26;2*1-2-10-29-19-9-8-18(13-17(19)14-20(29)16-6-4-3-5-7-16)28-11-12-31-23-21(24(28)30)22(25)26-15-27-23;1-3(2)4/h3-9,13-15,31H,2,10-12H2,1H3;3-9,13-15H,2,10-12H2,1H3;3-9,13-15H,2,10-12H2,1H3,(H2,25,26,27);1H3/p+1. The molecule has 2 aliphatic rings. The van der Waals surface area contributed by atoms with Crippen molar-refractivity contribution in [1.29, 1.82) is 0 Å². The molecule has 0 aliphatic carbocycles. The normalized spacial score (nSPS) is 12.8. The third-order valence-electron chi connectivity index (χ3n) is 16.3. The van der Waals surface area contributed by atoms with Gasteiger partial charge in [0.15, 0.2) is 0 Å². The number of rotatable bonds is 15. The summed E-state index contributed by atoms with van der Waals surface area (Å²) in [6, 6.07) is 55.4. The Morgan fingerprint density at radius 2 is 0.939 bits per heavy atom. The van der Waals surface area contributed by atoms with E-state index in [2.05, 4.69) is 168 Å². The number of carbonyl (C=O) groups excluding carboxylic acids is 3. The summed E-state index contributed by atoms with van der Waals surface area (Å²) in [6.07, 6.45) is 6.87. The fourth-order valence-electron chi connectivity index (χ4n) is 12.1. The van der Waals surface area contributed by atoms with Crippen molar-refractivity contribution in [2.45, 2.75) is 59.7 Å². The van der Waals surface area contributed by atoms with E-state index in [0.717, 1.165) is 94.2 Å². The highest BCUT2D eigenvalue weighted by Gasteiger charge is 2.32. The monoisotopic (exact) mass is 1410 g/mol. The maximum Gasteiger partial charge on any atom is 0.404 e. The number of fused-ring (bicyclic) bond motifs is 5. The largest absolute Gasteiger partial charge is 0.475 e. The number of halogens is 3. The summed E-state index contributed by atoms with van der Waals surface area (Å²) >= 11 is 21.9. The highest BCUT2D eigenvalue weighted by molar-refractivity contribution is 8.40. The predicted octanol–water partition coefficient (Wildman–Crippen LogP) is 16.1.